The summed E-state index contributed by atoms with van der Waals surface area (Å²) in [4.78, 5) is 33.0. The second-order valence-electron chi connectivity index (χ2n) is 22.9. The molecule has 1 heterocycles. The molecular formula is C75H46BrCl10F20N19O6S. The summed E-state index contributed by atoms with van der Waals surface area (Å²) < 4.78 is 264. The fraction of sp³-hybridized carbons (Fsp3) is 0.0267. The molecule has 0 saturated carbocycles. The molecule has 0 spiro atoms. The molecule has 0 unspecified atom stereocenters. The fourth-order valence-electron chi connectivity index (χ4n) is 8.08. The third kappa shape index (κ3) is 35.2. The van der Waals surface area contributed by atoms with Gasteiger partial charge in [0.05, 0.1) is 86.3 Å². The van der Waals surface area contributed by atoms with E-state index in [4.69, 9.17) is 194 Å². The molecule has 25 nitrogen and oxygen atoms in total. The SMILES string of the molecule is CC(=O)ON=C(N)c1c(F)ccc(F)c1Cl.CC(=O)ON=C(N)c1cc(Cl)cc(F)c1F.N#Cc1c(F)ccc(F)c1Cl.N#Cc1cc(Cl)cc(F)c1F.N=C(N)c1c(F)ccc(F)c1Cl.N=C(N)c1cc(Cl)cc(F)c1F.NC(=NBr)c1cc(Cl)cc(F)c1F.NC(=NO)c1c(F)ccc(F)c1Cl.NC(=NO)c1cc(Cl)cc(F)c1F.Nc1nc(-c2cc(Cl)cc(F)c2F)ns1. The van der Waals surface area contributed by atoms with Crippen molar-refractivity contribution in [3.05, 3.63) is 338 Å². The van der Waals surface area contributed by atoms with Crippen molar-refractivity contribution in [3.8, 4) is 23.5 Å². The number of nitrogens with one attached hydrogen (secondary N) is 2. The van der Waals surface area contributed by atoms with Crippen LogP contribution in [0.15, 0.2) is 146 Å². The molecule has 0 aliphatic heterocycles. The second-order valence-corrected chi connectivity index (χ2v) is 28.2. The highest BCUT2D eigenvalue weighted by molar-refractivity contribution is 9.08. The van der Waals surface area contributed by atoms with Crippen LogP contribution in [-0.4, -0.2) is 72.6 Å². The monoisotopic (exact) mass is 2150 g/mol. The number of benzene rings is 10. The minimum Gasteiger partial charge on any atom is -0.409 e. The number of hydrogen-bond donors (Lipinski definition) is 12. The van der Waals surface area contributed by atoms with Gasteiger partial charge in [-0.05, 0) is 121 Å². The highest BCUT2D eigenvalue weighted by Gasteiger charge is 2.23. The molecule has 700 valence electrons. The molecule has 11 rings (SSSR count). The van der Waals surface area contributed by atoms with Gasteiger partial charge < -0.3 is 66.0 Å². The third-order valence-corrected chi connectivity index (χ3v) is 17.5. The van der Waals surface area contributed by atoms with Crippen LogP contribution in [0, 0.1) is 150 Å². The number of aromatic nitrogens is 2. The number of nitrogens with zero attached hydrogens (tertiary/aromatic N) is 9. The van der Waals surface area contributed by atoms with Gasteiger partial charge in [0.2, 0.25) is 0 Å². The first-order chi connectivity index (χ1) is 61.5. The van der Waals surface area contributed by atoms with Crippen LogP contribution >= 0.6 is 144 Å². The van der Waals surface area contributed by atoms with E-state index in [2.05, 4.69) is 59.8 Å². The number of nitrogen functional groups attached to an aromatic ring is 3. The van der Waals surface area contributed by atoms with Gasteiger partial charge in [0.1, 0.15) is 81.7 Å². The average Bonchev–Trinajstić information content (AvgIpc) is 1.14. The number of hydrogen-bond acceptors (Lipinski definition) is 19. The molecule has 0 atom stereocenters. The van der Waals surface area contributed by atoms with Gasteiger partial charge in [-0.15, -0.1) is 0 Å². The van der Waals surface area contributed by atoms with E-state index in [1.165, 1.54) is 24.3 Å². The van der Waals surface area contributed by atoms with Gasteiger partial charge in [-0.3, -0.25) is 10.8 Å². The van der Waals surface area contributed by atoms with Gasteiger partial charge in [-0.2, -0.15) is 23.9 Å². The first kappa shape index (κ1) is 115. The summed E-state index contributed by atoms with van der Waals surface area (Å²) in [6.45, 7) is 2.17. The van der Waals surface area contributed by atoms with Crippen LogP contribution in [0.5, 0.6) is 0 Å². The Morgan fingerprint density at radius 3 is 1.04 bits per heavy atom. The second kappa shape index (κ2) is 54.9. The average molecular weight is 2160 g/mol. The number of carbonyl (C=O) groups is 2. The Hall–Kier alpha value is -12.7. The summed E-state index contributed by atoms with van der Waals surface area (Å²) in [5, 5.41) is 56.4. The lowest BCUT2D eigenvalue weighted by atomic mass is 10.2. The lowest BCUT2D eigenvalue weighted by molar-refractivity contribution is -0.141. The lowest BCUT2D eigenvalue weighted by Crippen LogP contribution is -2.17. The molecule has 57 heteroatoms. The van der Waals surface area contributed by atoms with Crippen molar-refractivity contribution in [3.63, 3.8) is 0 Å². The maximum Gasteiger partial charge on any atom is 0.332 e. The van der Waals surface area contributed by atoms with E-state index in [0.29, 0.717) is 0 Å². The molecule has 0 bridgehead atoms. The summed E-state index contributed by atoms with van der Waals surface area (Å²) in [7, 11) is 0. The van der Waals surface area contributed by atoms with Crippen LogP contribution in [-0.2, 0) is 19.3 Å². The highest BCUT2D eigenvalue weighted by atomic mass is 79.9. The topological polar surface area (TPSA) is 484 Å². The van der Waals surface area contributed by atoms with Gasteiger partial charge in [0, 0.05) is 55.5 Å². The zero-order valence-electron chi connectivity index (χ0n) is 64.3. The molecule has 11 aromatic rings. The summed E-state index contributed by atoms with van der Waals surface area (Å²) in [6, 6.07) is 21.5. The smallest absolute Gasteiger partial charge is 0.332 e. The lowest BCUT2D eigenvalue weighted by Gasteiger charge is -2.05. The van der Waals surface area contributed by atoms with Crippen LogP contribution in [0.25, 0.3) is 11.4 Å². The Kier molecular flexibility index (Phi) is 48.0. The molecule has 0 saturated heterocycles. The first-order valence-electron chi connectivity index (χ1n) is 32.9. The molecule has 10 aromatic carbocycles. The van der Waals surface area contributed by atoms with Crippen molar-refractivity contribution in [1.29, 1.82) is 21.3 Å². The van der Waals surface area contributed by atoms with Crippen LogP contribution in [0.1, 0.15) is 63.9 Å². The maximum absolute atomic E-state index is 13.3. The minimum absolute atomic E-state index is 0.0131. The summed E-state index contributed by atoms with van der Waals surface area (Å²) in [5.41, 5.74) is 37.9. The van der Waals surface area contributed by atoms with Gasteiger partial charge in [-0.25, -0.2) is 97.4 Å². The van der Waals surface area contributed by atoms with Crippen molar-refractivity contribution in [1.82, 2.24) is 9.36 Å². The standard InChI is InChI=1S/2C9H7ClF2N2O2.C8H4ClF2N3S.C7H4BrClF2N2.2C7H5ClF2N2O.2C7H5ClF2N2.2C7H2ClF2N/c1-4(15)16-14-9(13)6-2-5(10)3-7(11)8(6)12;1-4(15)16-14-9(13)7-5(11)2-3-6(12)8(7)10;9-3-1-4(6(11)5(10)2-3)7-13-8(12)15-14-7;8-13-7(12)4-1-3(9)2-5(10)6(4)11;8-3-1-4(7(11)12-13)6(10)5(9)2-3;8-6-4(10)2-1-3(9)5(6)7(11)12-13;8-3-1-4(7(11)12)6(10)5(9)2-3;8-6-4(10)2-1-3(9)5(6)7(11)12;8-5-1-4(3-11)7(10)6(9)2-5;8-7-4(3-11)5(9)1-2-6(7)10/h2*2-3H,1H3,(H2,13,14);1-2H,(H2,12,13,14);1-2H,(H2,12,13);2*1-2,13H,(H2,11,12);2*1-2H,(H3,11,12);2*1-2H. The molecule has 20 N–H and O–H groups in total. The Labute approximate surface area is 790 Å². The normalized spacial score (nSPS) is 10.8. The first-order valence-corrected chi connectivity index (χ1v) is 38.2. The van der Waals surface area contributed by atoms with Gasteiger partial charge in [0.25, 0.3) is 0 Å². The Balaban J connectivity index is 0.000000497. The van der Waals surface area contributed by atoms with Crippen LogP contribution < -0.4 is 45.9 Å². The van der Waals surface area contributed by atoms with E-state index in [-0.39, 0.29) is 80.3 Å². The van der Waals surface area contributed by atoms with Crippen molar-refractivity contribution in [2.45, 2.75) is 13.8 Å². The molecule has 132 heavy (non-hydrogen) atoms. The fourth-order valence-corrected chi connectivity index (χ4v) is 10.9. The summed E-state index contributed by atoms with van der Waals surface area (Å²) in [6.07, 6.45) is 0. The molecule has 0 radical (unpaired) electrons. The van der Waals surface area contributed by atoms with E-state index in [1.54, 1.807) is 0 Å². The Morgan fingerprint density at radius 1 is 0.386 bits per heavy atom. The van der Waals surface area contributed by atoms with E-state index in [9.17, 15) is 97.4 Å². The number of nitrogens with two attached hydrogens (primary N) is 8. The largest absolute Gasteiger partial charge is 0.409 e. The van der Waals surface area contributed by atoms with E-state index >= 15 is 0 Å². The van der Waals surface area contributed by atoms with Crippen molar-refractivity contribution >= 4 is 202 Å². The Bertz CT molecular complexity index is 6310. The zero-order chi connectivity index (χ0) is 101. The van der Waals surface area contributed by atoms with Gasteiger partial charge in [0.15, 0.2) is 104 Å². The highest BCUT2D eigenvalue weighted by Crippen LogP contribution is 2.31. The molecule has 0 amide bonds. The quantitative estimate of drug-likeness (QED) is 0.0115. The maximum atomic E-state index is 13.3. The minimum atomic E-state index is -1.21. The van der Waals surface area contributed by atoms with Gasteiger partial charge >= 0.3 is 11.9 Å². The van der Waals surface area contributed by atoms with E-state index in [1.807, 2.05) is 0 Å². The van der Waals surface area contributed by atoms with Gasteiger partial charge in [-0.1, -0.05) is 137 Å². The van der Waals surface area contributed by atoms with E-state index in [0.717, 1.165) is 135 Å². The molecule has 0 aliphatic rings. The Morgan fingerprint density at radius 2 is 0.697 bits per heavy atom. The summed E-state index contributed by atoms with van der Waals surface area (Å²) >= 11 is 57.8. The number of halogens is 31. The third-order valence-electron chi connectivity index (χ3n) is 13.8. The van der Waals surface area contributed by atoms with Crippen molar-refractivity contribution < 1.29 is 117 Å². The molecule has 1 aromatic heterocycles. The number of amidine groups is 7. The molecule has 0 fully saturated rings. The number of carbonyl (C=O) groups excluding carboxylic acids is 2. The zero-order valence-corrected chi connectivity index (χ0v) is 74.3. The van der Waals surface area contributed by atoms with Crippen LogP contribution in [0.2, 0.25) is 50.2 Å². The molecular weight excluding hydrogens is 2110 g/mol. The predicted molar refractivity (Wildman–Crippen MR) is 458 cm³/mol. The van der Waals surface area contributed by atoms with Crippen molar-refractivity contribution in [2.75, 3.05) is 5.73 Å². The number of oxime groups is 4. The van der Waals surface area contributed by atoms with E-state index < -0.39 is 206 Å². The van der Waals surface area contributed by atoms with Crippen LogP contribution in [0.4, 0.5) is 92.9 Å². The number of rotatable bonds is 10. The van der Waals surface area contributed by atoms with Crippen LogP contribution in [0.3, 0.4) is 0 Å². The number of anilines is 1. The number of nitriles is 2. The molecule has 0 aliphatic carbocycles. The summed E-state index contributed by atoms with van der Waals surface area (Å²) in [5.74, 6) is -24.8. The predicted octanol–water partition coefficient (Wildman–Crippen LogP) is 21.2. The van der Waals surface area contributed by atoms with Crippen molar-refractivity contribution in [2.24, 2.45) is 64.8 Å².